The molecular weight excluding hydrogens is 894 g/mol. The van der Waals surface area contributed by atoms with Crippen molar-refractivity contribution in [3.8, 4) is 33.4 Å². The topological polar surface area (TPSA) is 0 Å². The predicted octanol–water partition coefficient (Wildman–Crippen LogP) is 8.86. The first-order chi connectivity index (χ1) is 27.7. The van der Waals surface area contributed by atoms with Gasteiger partial charge in [-0.1, -0.05) is 0 Å². The Morgan fingerprint density at radius 3 is 1.60 bits per heavy atom. The Kier molecular flexibility index (Phi) is 14.3. The molecule has 5 heteroatoms. The van der Waals surface area contributed by atoms with Crippen LogP contribution in [0.25, 0.3) is 33.4 Å². The van der Waals surface area contributed by atoms with E-state index in [4.69, 9.17) is 23.2 Å². The normalized spacial score (nSPS) is 12.8. The van der Waals surface area contributed by atoms with Crippen LogP contribution in [0.5, 0.6) is 0 Å². The first-order valence-electron chi connectivity index (χ1n) is 20.7. The molecule has 0 saturated carbocycles. The summed E-state index contributed by atoms with van der Waals surface area (Å²) in [5, 5.41) is 1.55. The van der Waals surface area contributed by atoms with Gasteiger partial charge in [-0.25, -0.2) is 0 Å². The van der Waals surface area contributed by atoms with Gasteiger partial charge in [-0.3, -0.25) is 0 Å². The van der Waals surface area contributed by atoms with E-state index in [2.05, 4.69) is 189 Å². The number of benzene rings is 6. The molecule has 0 atom stereocenters. The Hall–Kier alpha value is -3.29. The van der Waals surface area contributed by atoms with E-state index < -0.39 is 21.3 Å². The molecule has 2 aliphatic rings. The molecule has 0 aromatic heterocycles. The molecule has 0 unspecified atom stereocenters. The fraction of sp³-hybridized carbons (Fsp3) is 0.255. The second-order valence-electron chi connectivity index (χ2n) is 18.5. The van der Waals surface area contributed by atoms with E-state index in [1.54, 1.807) is 15.3 Å². The minimum absolute atomic E-state index is 0. The zero-order chi connectivity index (χ0) is 40.9. The van der Waals surface area contributed by atoms with Gasteiger partial charge in [0, 0.05) is 0 Å². The van der Waals surface area contributed by atoms with Gasteiger partial charge < -0.3 is 24.8 Å². The van der Waals surface area contributed by atoms with Crippen molar-refractivity contribution in [3.05, 3.63) is 191 Å². The van der Waals surface area contributed by atoms with Gasteiger partial charge in [0.1, 0.15) is 0 Å². The van der Waals surface area contributed by atoms with Crippen molar-refractivity contribution >= 4 is 29.7 Å². The van der Waals surface area contributed by atoms with Crippen LogP contribution in [-0.4, -0.2) is 3.21 Å². The maximum absolute atomic E-state index is 6.50. The quantitative estimate of drug-likeness (QED) is 0.143. The summed E-state index contributed by atoms with van der Waals surface area (Å²) < 4.78 is 4.99. The summed E-state index contributed by atoms with van der Waals surface area (Å²) in [4.78, 5) is 0. The summed E-state index contributed by atoms with van der Waals surface area (Å²) in [6.45, 7) is 18.9. The van der Waals surface area contributed by atoms with Crippen LogP contribution in [0.2, 0.25) is 10.0 Å². The van der Waals surface area contributed by atoms with Gasteiger partial charge in [-0.15, -0.1) is 0 Å². The fourth-order valence-electron chi connectivity index (χ4n) is 9.23. The molecular formula is C55H54Cl4Zr. The average molecular weight is 948 g/mol. The van der Waals surface area contributed by atoms with Crippen molar-refractivity contribution in [1.29, 1.82) is 0 Å². The Morgan fingerprint density at radius 1 is 0.583 bits per heavy atom. The van der Waals surface area contributed by atoms with Gasteiger partial charge in [-0.2, -0.15) is 0 Å². The number of hydrogen-bond donors (Lipinski definition) is 0. The standard InChI is InChI=1S/C35H37.C15H12Cl2.C5H5.2ClH.Zr/c1-22-13-9-11-15-26(22)30-18-24-17-25-19-31(27-16-12-10-14-23(27)2)33(35(6,7)8)21-29(25)28(24)20-32(30)34(3,4)5;16-14-8-4-12(5-9-14)2-1-3-13-6-10-15(17)11-7-13;1-2-4-5-3-1;;;/h9-16,18,20-21H,17H2,1-8H3;4-11H,2-3H2;1-3H,4H2;2*1H;/q;;;;;+2/p-2. The predicted molar refractivity (Wildman–Crippen MR) is 249 cm³/mol. The van der Waals surface area contributed by atoms with Crippen LogP contribution in [0.15, 0.2) is 137 Å². The Balaban J connectivity index is 0.00000302. The van der Waals surface area contributed by atoms with Gasteiger partial charge in [0.2, 0.25) is 0 Å². The molecule has 0 fully saturated rings. The SMILES string of the molecule is Cc1ccccc1-c1cc2c(cc1C(C)(C)C)-c1cc(C(C)(C)C)c(-c3ccccc3C)[c]([Zr+2]([C]3=CC=CC3)=[C](Cc3ccc(Cl)cc3)Cc3ccc(Cl)cc3)c1C2.[Cl-].[Cl-]. The van der Waals surface area contributed by atoms with Gasteiger partial charge in [-0.05, 0) is 0 Å². The maximum atomic E-state index is 6.50. The first kappa shape index (κ1) is 46.2. The van der Waals surface area contributed by atoms with Gasteiger partial charge >= 0.3 is 368 Å². The number of rotatable bonds is 8. The molecule has 6 aromatic rings. The monoisotopic (exact) mass is 944 g/mol. The van der Waals surface area contributed by atoms with Crippen LogP contribution in [0.4, 0.5) is 0 Å². The smallest absolute Gasteiger partial charge is 1.00 e. The summed E-state index contributed by atoms with van der Waals surface area (Å²) in [6, 6.07) is 43.0. The first-order valence-corrected chi connectivity index (χ1v) is 25.2. The van der Waals surface area contributed by atoms with Crippen molar-refractivity contribution < 1.29 is 46.1 Å². The van der Waals surface area contributed by atoms with Crippen LogP contribution in [0.1, 0.15) is 92.5 Å². The van der Waals surface area contributed by atoms with E-state index in [0.29, 0.717) is 0 Å². The summed E-state index contributed by atoms with van der Waals surface area (Å²) in [7, 11) is 0. The van der Waals surface area contributed by atoms with Gasteiger partial charge in [0.05, 0.1) is 0 Å². The zero-order valence-electron chi connectivity index (χ0n) is 36.0. The van der Waals surface area contributed by atoms with Crippen molar-refractivity contribution in [1.82, 2.24) is 0 Å². The summed E-state index contributed by atoms with van der Waals surface area (Å²) in [5.41, 5.74) is 19.4. The largest absolute Gasteiger partial charge is 1.00 e. The van der Waals surface area contributed by atoms with E-state index in [0.717, 1.165) is 35.7 Å². The molecule has 0 radical (unpaired) electrons. The Labute approximate surface area is 389 Å². The summed E-state index contributed by atoms with van der Waals surface area (Å²) in [6.07, 6.45) is 11.0. The third kappa shape index (κ3) is 9.38. The molecule has 8 rings (SSSR count). The number of hydrogen-bond acceptors (Lipinski definition) is 0. The van der Waals surface area contributed by atoms with E-state index >= 15 is 0 Å². The minimum Gasteiger partial charge on any atom is -1.00 e. The summed E-state index contributed by atoms with van der Waals surface area (Å²) >= 11 is 9.99. The molecule has 0 heterocycles. The van der Waals surface area contributed by atoms with Gasteiger partial charge in [0.25, 0.3) is 0 Å². The van der Waals surface area contributed by atoms with Crippen LogP contribution in [-0.2, 0) is 51.4 Å². The number of aryl methyl sites for hydroxylation is 2. The second-order valence-corrected chi connectivity index (χ2v) is 25.7. The van der Waals surface area contributed by atoms with Gasteiger partial charge in [0.15, 0.2) is 0 Å². The zero-order valence-corrected chi connectivity index (χ0v) is 41.5. The minimum atomic E-state index is -3.01. The molecule has 0 saturated heterocycles. The summed E-state index contributed by atoms with van der Waals surface area (Å²) in [5.74, 6) is 0. The van der Waals surface area contributed by atoms with E-state index in [1.165, 1.54) is 72.3 Å². The fourth-order valence-corrected chi connectivity index (χ4v) is 18.1. The molecule has 0 nitrogen and oxygen atoms in total. The van der Waals surface area contributed by atoms with Crippen LogP contribution in [0, 0.1) is 13.8 Å². The van der Waals surface area contributed by atoms with Crippen LogP contribution < -0.4 is 28.1 Å². The molecule has 306 valence electrons. The molecule has 2 aliphatic carbocycles. The molecule has 0 bridgehead atoms. The van der Waals surface area contributed by atoms with Crippen molar-refractivity contribution in [2.75, 3.05) is 0 Å². The van der Waals surface area contributed by atoms with Crippen LogP contribution >= 0.6 is 23.2 Å². The Morgan fingerprint density at radius 2 is 1.10 bits per heavy atom. The molecule has 0 spiro atoms. The van der Waals surface area contributed by atoms with Crippen LogP contribution in [0.3, 0.4) is 0 Å². The van der Waals surface area contributed by atoms with E-state index in [9.17, 15) is 0 Å². The third-order valence-corrected chi connectivity index (χ3v) is 20.3. The van der Waals surface area contributed by atoms with Crippen molar-refractivity contribution in [2.45, 2.75) is 91.9 Å². The van der Waals surface area contributed by atoms with Crippen molar-refractivity contribution in [2.24, 2.45) is 0 Å². The molecule has 60 heavy (non-hydrogen) atoms. The third-order valence-electron chi connectivity index (χ3n) is 12.2. The number of fused-ring (bicyclic) bond motifs is 3. The second kappa shape index (κ2) is 18.6. The molecule has 0 aliphatic heterocycles. The van der Waals surface area contributed by atoms with E-state index in [1.807, 2.05) is 0 Å². The molecule has 0 N–H and O–H groups in total. The molecule has 6 aromatic carbocycles. The number of halogens is 4. The number of allylic oxidation sites excluding steroid dienone is 4. The average Bonchev–Trinajstić information content (AvgIpc) is 3.84. The molecule has 0 amide bonds. The Bertz CT molecular complexity index is 2600. The maximum Gasteiger partial charge on any atom is -1.00 e. The van der Waals surface area contributed by atoms with E-state index in [-0.39, 0.29) is 35.6 Å². The van der Waals surface area contributed by atoms with Crippen molar-refractivity contribution in [3.63, 3.8) is 0 Å².